The van der Waals surface area contributed by atoms with Crippen LogP contribution >= 0.6 is 35.0 Å². The molecule has 5 atom stereocenters. The number of fused-ring (bicyclic) bond motifs is 1. The fourth-order valence-electron chi connectivity index (χ4n) is 7.35. The topological polar surface area (TPSA) is 81.1 Å². The summed E-state index contributed by atoms with van der Waals surface area (Å²) in [5, 5.41) is 4.45. The predicted molar refractivity (Wildman–Crippen MR) is 176 cm³/mol. The lowest BCUT2D eigenvalue weighted by atomic mass is 9.81. The molecular weight excluding hydrogens is 653 g/mol. The summed E-state index contributed by atoms with van der Waals surface area (Å²) in [7, 11) is 0. The zero-order valence-electron chi connectivity index (χ0n) is 26.1. The van der Waals surface area contributed by atoms with Gasteiger partial charge in [0.25, 0.3) is 5.91 Å². The number of carbonyl (C=O) groups is 2. The molecule has 8 nitrogen and oxygen atoms in total. The van der Waals surface area contributed by atoms with Crippen LogP contribution in [0.5, 0.6) is 0 Å². The number of benzene rings is 1. The van der Waals surface area contributed by atoms with Gasteiger partial charge >= 0.3 is 0 Å². The van der Waals surface area contributed by atoms with Crippen LogP contribution in [0.25, 0.3) is 0 Å². The lowest BCUT2D eigenvalue weighted by Gasteiger charge is -2.41. The second-order valence-electron chi connectivity index (χ2n) is 13.6. The van der Waals surface area contributed by atoms with Crippen LogP contribution in [0.15, 0.2) is 52.1 Å². The predicted octanol–water partition coefficient (Wildman–Crippen LogP) is 6.06. The number of allylic oxidation sites excluding steroid dienone is 1. The van der Waals surface area contributed by atoms with Gasteiger partial charge in [-0.1, -0.05) is 49.2 Å². The van der Waals surface area contributed by atoms with Gasteiger partial charge in [0.1, 0.15) is 33.6 Å². The lowest BCUT2D eigenvalue weighted by Crippen LogP contribution is -2.61. The van der Waals surface area contributed by atoms with E-state index in [2.05, 4.69) is 10.3 Å². The average molecular weight is 690 g/mol. The summed E-state index contributed by atoms with van der Waals surface area (Å²) >= 11 is 13.4. The molecule has 13 heteroatoms. The summed E-state index contributed by atoms with van der Waals surface area (Å²) < 4.78 is 30.1. The Labute approximate surface area is 281 Å². The number of thioether (sulfide) groups is 1. The van der Waals surface area contributed by atoms with Crippen molar-refractivity contribution in [1.29, 1.82) is 0 Å². The van der Waals surface area contributed by atoms with Crippen molar-refractivity contribution in [2.75, 3.05) is 19.6 Å². The van der Waals surface area contributed by atoms with E-state index in [1.807, 2.05) is 43.6 Å². The van der Waals surface area contributed by atoms with E-state index < -0.39 is 29.6 Å². The van der Waals surface area contributed by atoms with Crippen molar-refractivity contribution in [2.45, 2.75) is 82.3 Å². The molecule has 1 spiro atoms. The molecule has 7 rings (SSSR count). The van der Waals surface area contributed by atoms with Gasteiger partial charge in [-0.15, -0.1) is 0 Å². The third-order valence-corrected chi connectivity index (χ3v) is 11.6. The molecule has 5 heterocycles. The molecule has 2 aromatic rings. The summed E-state index contributed by atoms with van der Waals surface area (Å²) in [5.41, 5.74) is 1.10. The maximum Gasteiger partial charge on any atom is 0.263 e. The number of likely N-dealkylation sites (tertiary alicyclic amines) is 1. The minimum Gasteiger partial charge on any atom is -0.335 e. The number of nitrogens with one attached hydrogen (secondary N) is 1. The highest BCUT2D eigenvalue weighted by molar-refractivity contribution is 8.18. The van der Waals surface area contributed by atoms with Gasteiger partial charge in [-0.3, -0.25) is 9.59 Å². The first-order valence-electron chi connectivity index (χ1n) is 15.7. The number of pyridine rings is 1. The summed E-state index contributed by atoms with van der Waals surface area (Å²) in [6.07, 6.45) is 2.34. The maximum atomic E-state index is 15.1. The first-order chi connectivity index (χ1) is 21.8. The molecule has 0 radical (unpaired) electrons. The van der Waals surface area contributed by atoms with Crippen LogP contribution in [0.1, 0.15) is 64.1 Å². The fourth-order valence-corrected chi connectivity index (χ4v) is 8.94. The molecule has 1 aliphatic carbocycles. The maximum absolute atomic E-state index is 15.1. The zero-order valence-corrected chi connectivity index (χ0v) is 28.4. The number of carbonyl (C=O) groups excluding carboxylic acids is 2. The van der Waals surface area contributed by atoms with Gasteiger partial charge in [0.2, 0.25) is 5.91 Å². The van der Waals surface area contributed by atoms with Crippen molar-refractivity contribution in [3.05, 3.63) is 74.3 Å². The molecule has 46 heavy (non-hydrogen) atoms. The summed E-state index contributed by atoms with van der Waals surface area (Å²) in [6, 6.07) is 6.72. The number of piperazine rings is 1. The number of hydrogen-bond donors (Lipinski definition) is 1. The molecule has 1 aromatic carbocycles. The number of alkyl halides is 1. The zero-order chi connectivity index (χ0) is 32.7. The largest absolute Gasteiger partial charge is 0.335 e. The highest BCUT2D eigenvalue weighted by Gasteiger charge is 2.55. The SMILES string of the molecule is CC(C)C1=C(C(=O)N2C[C@H](F)C[C@@H]2C(=O)N2CC3(CC3)NC[C@@H]2C)SC2=N[C@@](C)(c3ccc(Cl)nc3)[C@@H](c3ccc(Cl)c(F)c3)N21. The third-order valence-electron chi connectivity index (χ3n) is 10.0. The summed E-state index contributed by atoms with van der Waals surface area (Å²) in [4.78, 5) is 43.6. The van der Waals surface area contributed by atoms with E-state index in [1.54, 1.807) is 18.3 Å². The van der Waals surface area contributed by atoms with Crippen LogP contribution in [-0.2, 0) is 15.1 Å². The Morgan fingerprint density at radius 2 is 1.91 bits per heavy atom. The molecule has 2 amide bonds. The molecule has 2 saturated heterocycles. The van der Waals surface area contributed by atoms with Gasteiger partial charge in [0.15, 0.2) is 5.17 Å². The monoisotopic (exact) mass is 688 g/mol. The number of rotatable bonds is 5. The number of amidine groups is 1. The highest BCUT2D eigenvalue weighted by Crippen LogP contribution is 2.56. The van der Waals surface area contributed by atoms with Crippen LogP contribution in [0.4, 0.5) is 8.78 Å². The molecule has 244 valence electrons. The van der Waals surface area contributed by atoms with E-state index >= 15 is 4.39 Å². The summed E-state index contributed by atoms with van der Waals surface area (Å²) in [6.45, 7) is 8.99. The number of halogens is 4. The Kier molecular flexibility index (Phi) is 7.93. The Morgan fingerprint density at radius 3 is 2.57 bits per heavy atom. The van der Waals surface area contributed by atoms with Gasteiger partial charge in [-0.25, -0.2) is 18.8 Å². The highest BCUT2D eigenvalue weighted by atomic mass is 35.5. The Bertz CT molecular complexity index is 1670. The van der Waals surface area contributed by atoms with Crippen molar-refractivity contribution < 1.29 is 18.4 Å². The van der Waals surface area contributed by atoms with Gasteiger partial charge < -0.3 is 20.0 Å². The van der Waals surface area contributed by atoms with Crippen LogP contribution in [-0.4, -0.2) is 80.1 Å². The van der Waals surface area contributed by atoms with Crippen LogP contribution in [0, 0.1) is 11.7 Å². The minimum atomic E-state index is -1.30. The van der Waals surface area contributed by atoms with E-state index in [1.165, 1.54) is 28.8 Å². The van der Waals surface area contributed by atoms with Crippen molar-refractivity contribution in [2.24, 2.45) is 10.9 Å². The van der Waals surface area contributed by atoms with Crippen molar-refractivity contribution in [1.82, 2.24) is 25.0 Å². The Morgan fingerprint density at radius 1 is 1.15 bits per heavy atom. The summed E-state index contributed by atoms with van der Waals surface area (Å²) in [5.74, 6) is -1.31. The molecule has 1 N–H and O–H groups in total. The number of nitrogens with zero attached hydrogens (tertiary/aromatic N) is 5. The standard InChI is InChI=1S/C33H36Cl2F2N6O2S/c1-17(2)26-27(30(45)41-15-21(36)12-24(41)29(44)42-16-33(9-10-33)39-13-18(42)3)46-31-40-32(4,20-6-8-25(35)38-14-20)28(43(26)31)19-5-7-22(34)23(37)11-19/h5-8,11,14,17-18,21,24,28,39H,9-10,12-13,15-16H2,1-4H3/t18-,21+,24+,28+,32-/m0/s1. The van der Waals surface area contributed by atoms with E-state index in [0.29, 0.717) is 39.6 Å². The molecule has 5 aliphatic rings. The Hall–Kier alpha value is -2.73. The second kappa shape index (κ2) is 11.5. The normalized spacial score (nSPS) is 30.0. The number of aromatic nitrogens is 1. The first kappa shape index (κ1) is 31.8. The van der Waals surface area contributed by atoms with Crippen molar-refractivity contribution in [3.63, 3.8) is 0 Å². The molecule has 1 saturated carbocycles. The quantitative estimate of drug-likeness (QED) is 0.385. The first-order valence-corrected chi connectivity index (χ1v) is 17.3. The fraction of sp³-hybridized carbons (Fsp3) is 0.515. The van der Waals surface area contributed by atoms with Crippen LogP contribution in [0.3, 0.4) is 0 Å². The smallest absolute Gasteiger partial charge is 0.263 e. The van der Waals surface area contributed by atoms with Gasteiger partial charge in [0, 0.05) is 48.5 Å². The van der Waals surface area contributed by atoms with E-state index in [4.69, 9.17) is 28.2 Å². The molecule has 0 unspecified atom stereocenters. The number of aliphatic imine (C=N–C) groups is 1. The molecule has 0 bridgehead atoms. The van der Waals surface area contributed by atoms with Crippen LogP contribution in [0.2, 0.25) is 10.2 Å². The number of hydrogen-bond acceptors (Lipinski definition) is 7. The van der Waals surface area contributed by atoms with Crippen molar-refractivity contribution >= 4 is 51.9 Å². The van der Waals surface area contributed by atoms with Gasteiger partial charge in [-0.05, 0) is 68.1 Å². The molecule has 4 aliphatic heterocycles. The minimum absolute atomic E-state index is 0.000899. The second-order valence-corrected chi connectivity index (χ2v) is 15.4. The van der Waals surface area contributed by atoms with E-state index in [0.717, 1.165) is 18.4 Å². The number of amides is 2. The lowest BCUT2D eigenvalue weighted by molar-refractivity contribution is -0.144. The Balaban J connectivity index is 1.27. The van der Waals surface area contributed by atoms with Gasteiger partial charge in [-0.2, -0.15) is 0 Å². The molecule has 1 aromatic heterocycles. The third kappa shape index (κ3) is 5.22. The van der Waals surface area contributed by atoms with Crippen molar-refractivity contribution in [3.8, 4) is 0 Å². The molecule has 3 fully saturated rings. The van der Waals surface area contributed by atoms with E-state index in [9.17, 15) is 14.0 Å². The van der Waals surface area contributed by atoms with Crippen LogP contribution < -0.4 is 5.32 Å². The molecular formula is C33H36Cl2F2N6O2S. The average Bonchev–Trinajstić information content (AvgIpc) is 3.34. The van der Waals surface area contributed by atoms with E-state index in [-0.39, 0.29) is 47.3 Å². The van der Waals surface area contributed by atoms with Gasteiger partial charge in [0.05, 0.1) is 17.6 Å².